The second-order valence-electron chi connectivity index (χ2n) is 4.55. The summed E-state index contributed by atoms with van der Waals surface area (Å²) < 4.78 is 0. The van der Waals surface area contributed by atoms with Crippen LogP contribution in [-0.4, -0.2) is 41.1 Å². The number of piperazine rings is 1. The minimum Gasteiger partial charge on any atom is -0.388 e. The Morgan fingerprint density at radius 3 is 2.45 bits per heavy atom. The molecule has 2 aromatic heterocycles. The zero-order chi connectivity index (χ0) is 13.9. The highest BCUT2D eigenvalue weighted by molar-refractivity contribution is 7.80. The van der Waals surface area contributed by atoms with Crippen LogP contribution in [0.15, 0.2) is 29.9 Å². The predicted octanol–water partition coefficient (Wildman–Crippen LogP) is 1.50. The van der Waals surface area contributed by atoms with Crippen LogP contribution in [0.3, 0.4) is 0 Å². The Kier molecular flexibility index (Phi) is 3.79. The van der Waals surface area contributed by atoms with Gasteiger partial charge in [0.05, 0.1) is 17.6 Å². The molecule has 7 heteroatoms. The summed E-state index contributed by atoms with van der Waals surface area (Å²) in [6.07, 6.45) is 3.69. The first-order valence-electron chi connectivity index (χ1n) is 6.39. The van der Waals surface area contributed by atoms with Crippen LogP contribution in [0.4, 0.5) is 10.8 Å². The number of thiocarbonyl (C=S) groups is 1. The number of hydrogen-bond acceptors (Lipinski definition) is 6. The van der Waals surface area contributed by atoms with E-state index in [1.165, 1.54) is 0 Å². The summed E-state index contributed by atoms with van der Waals surface area (Å²) in [5.41, 5.74) is 7.34. The first-order valence-corrected chi connectivity index (χ1v) is 7.68. The summed E-state index contributed by atoms with van der Waals surface area (Å²) in [5, 5.41) is 3.12. The van der Waals surface area contributed by atoms with Crippen molar-refractivity contribution in [2.24, 2.45) is 5.73 Å². The van der Waals surface area contributed by atoms with Crippen molar-refractivity contribution >= 4 is 39.4 Å². The zero-order valence-corrected chi connectivity index (χ0v) is 12.5. The Labute approximate surface area is 127 Å². The second kappa shape index (κ2) is 5.72. The average molecular weight is 305 g/mol. The van der Waals surface area contributed by atoms with Crippen LogP contribution in [0.25, 0.3) is 0 Å². The smallest absolute Gasteiger partial charge is 0.185 e. The molecule has 2 N–H and O–H groups in total. The number of hydrogen-bond donors (Lipinski definition) is 1. The number of anilines is 2. The van der Waals surface area contributed by atoms with Gasteiger partial charge in [-0.25, -0.2) is 4.98 Å². The molecule has 0 aromatic carbocycles. The maximum Gasteiger partial charge on any atom is 0.185 e. The quantitative estimate of drug-likeness (QED) is 0.867. The van der Waals surface area contributed by atoms with E-state index in [0.29, 0.717) is 10.7 Å². The fraction of sp³-hybridized carbons (Fsp3) is 0.308. The number of aromatic nitrogens is 2. The maximum absolute atomic E-state index is 5.56. The predicted molar refractivity (Wildman–Crippen MR) is 86.7 cm³/mol. The molecular weight excluding hydrogens is 290 g/mol. The Morgan fingerprint density at radius 1 is 1.15 bits per heavy atom. The molecule has 5 nitrogen and oxygen atoms in total. The van der Waals surface area contributed by atoms with Gasteiger partial charge < -0.3 is 15.5 Å². The molecule has 0 spiro atoms. The fourth-order valence-electron chi connectivity index (χ4n) is 2.25. The molecule has 0 radical (unpaired) electrons. The van der Waals surface area contributed by atoms with E-state index in [2.05, 4.69) is 19.8 Å². The molecule has 1 saturated heterocycles. The van der Waals surface area contributed by atoms with Crippen molar-refractivity contribution in [3.05, 3.63) is 35.6 Å². The van der Waals surface area contributed by atoms with Crippen molar-refractivity contribution < 1.29 is 0 Å². The highest BCUT2D eigenvalue weighted by Crippen LogP contribution is 2.21. The van der Waals surface area contributed by atoms with E-state index in [-0.39, 0.29) is 0 Å². The van der Waals surface area contributed by atoms with Gasteiger partial charge >= 0.3 is 0 Å². The minimum atomic E-state index is 0.338. The van der Waals surface area contributed by atoms with Crippen molar-refractivity contribution in [3.8, 4) is 0 Å². The largest absolute Gasteiger partial charge is 0.388 e. The average Bonchev–Trinajstić information content (AvgIpc) is 3.02. The lowest BCUT2D eigenvalue weighted by molar-refractivity contribution is 0.651. The Bertz CT molecular complexity index is 573. The summed E-state index contributed by atoms with van der Waals surface area (Å²) in [4.78, 5) is 13.6. The topological polar surface area (TPSA) is 58.3 Å². The van der Waals surface area contributed by atoms with Crippen LogP contribution in [0.5, 0.6) is 0 Å². The van der Waals surface area contributed by atoms with Gasteiger partial charge in [-0.3, -0.25) is 4.98 Å². The van der Waals surface area contributed by atoms with Crippen molar-refractivity contribution in [1.82, 2.24) is 9.97 Å². The maximum atomic E-state index is 5.56. The van der Waals surface area contributed by atoms with E-state index in [1.807, 2.05) is 29.9 Å². The lowest BCUT2D eigenvalue weighted by Gasteiger charge is -2.35. The Hall–Kier alpha value is -1.73. The minimum absolute atomic E-state index is 0.338. The van der Waals surface area contributed by atoms with Gasteiger partial charge in [0.2, 0.25) is 0 Å². The number of pyridine rings is 1. The van der Waals surface area contributed by atoms with Gasteiger partial charge in [0, 0.05) is 37.8 Å². The third-order valence-corrected chi connectivity index (χ3v) is 4.38. The fourth-order valence-corrected chi connectivity index (χ4v) is 3.06. The highest BCUT2D eigenvalue weighted by Gasteiger charge is 2.19. The van der Waals surface area contributed by atoms with Crippen LogP contribution < -0.4 is 15.5 Å². The lowest BCUT2D eigenvalue weighted by atomic mass is 10.2. The number of nitrogens with two attached hydrogens (primary N) is 1. The van der Waals surface area contributed by atoms with Crippen LogP contribution in [0.1, 0.15) is 5.69 Å². The van der Waals surface area contributed by atoms with Gasteiger partial charge in [0.25, 0.3) is 0 Å². The molecule has 0 amide bonds. The number of thiazole rings is 1. The molecule has 3 rings (SSSR count). The van der Waals surface area contributed by atoms with E-state index in [4.69, 9.17) is 18.0 Å². The van der Waals surface area contributed by atoms with Gasteiger partial charge in [0.15, 0.2) is 5.13 Å². The third-order valence-electron chi connectivity index (χ3n) is 3.33. The normalized spacial score (nSPS) is 15.4. The van der Waals surface area contributed by atoms with E-state index < -0.39 is 0 Å². The summed E-state index contributed by atoms with van der Waals surface area (Å²) in [6, 6.07) is 3.91. The number of nitrogens with zero attached hydrogens (tertiary/aromatic N) is 4. The van der Waals surface area contributed by atoms with E-state index in [1.54, 1.807) is 11.3 Å². The van der Waals surface area contributed by atoms with Crippen molar-refractivity contribution in [1.29, 1.82) is 0 Å². The molecule has 0 unspecified atom stereocenters. The van der Waals surface area contributed by atoms with E-state index in [9.17, 15) is 0 Å². The third kappa shape index (κ3) is 2.73. The van der Waals surface area contributed by atoms with E-state index in [0.717, 1.165) is 37.0 Å². The molecule has 0 atom stereocenters. The van der Waals surface area contributed by atoms with E-state index >= 15 is 0 Å². The van der Waals surface area contributed by atoms with Crippen molar-refractivity contribution in [2.75, 3.05) is 36.0 Å². The molecule has 0 saturated carbocycles. The highest BCUT2D eigenvalue weighted by atomic mass is 32.1. The summed E-state index contributed by atoms with van der Waals surface area (Å²) in [6.45, 7) is 3.89. The van der Waals surface area contributed by atoms with Gasteiger partial charge in [-0.15, -0.1) is 11.3 Å². The summed E-state index contributed by atoms with van der Waals surface area (Å²) >= 11 is 6.60. The van der Waals surface area contributed by atoms with Crippen LogP contribution in [0, 0.1) is 0 Å². The summed E-state index contributed by atoms with van der Waals surface area (Å²) in [5.74, 6) is 0. The monoisotopic (exact) mass is 305 g/mol. The molecule has 1 fully saturated rings. The zero-order valence-electron chi connectivity index (χ0n) is 10.9. The molecule has 2 aromatic rings. The summed E-state index contributed by atoms with van der Waals surface area (Å²) in [7, 11) is 0. The van der Waals surface area contributed by atoms with Crippen molar-refractivity contribution in [2.45, 2.75) is 0 Å². The number of rotatable bonds is 3. The van der Waals surface area contributed by atoms with Crippen LogP contribution in [-0.2, 0) is 0 Å². The molecule has 0 bridgehead atoms. The SMILES string of the molecule is NC(=S)c1ccc(N2CCN(c3nccs3)CC2)cn1. The van der Waals surface area contributed by atoms with Crippen LogP contribution in [0.2, 0.25) is 0 Å². The molecule has 20 heavy (non-hydrogen) atoms. The molecule has 1 aliphatic heterocycles. The van der Waals surface area contributed by atoms with Crippen LogP contribution >= 0.6 is 23.6 Å². The Balaban J connectivity index is 1.64. The van der Waals surface area contributed by atoms with Gasteiger partial charge in [-0.1, -0.05) is 12.2 Å². The first kappa shape index (κ1) is 13.3. The lowest BCUT2D eigenvalue weighted by Crippen LogP contribution is -2.46. The molecule has 1 aliphatic rings. The van der Waals surface area contributed by atoms with Crippen molar-refractivity contribution in [3.63, 3.8) is 0 Å². The molecule has 104 valence electrons. The standard InChI is InChI=1S/C13H15N5S2/c14-12(19)11-2-1-10(9-16-11)17-4-6-18(7-5-17)13-15-3-8-20-13/h1-3,8-9H,4-7H2,(H2,14,19). The van der Waals surface area contributed by atoms with Gasteiger partial charge in [-0.2, -0.15) is 0 Å². The second-order valence-corrected chi connectivity index (χ2v) is 5.87. The Morgan fingerprint density at radius 2 is 1.90 bits per heavy atom. The molecule has 0 aliphatic carbocycles. The first-order chi connectivity index (χ1) is 9.74. The van der Waals surface area contributed by atoms with Gasteiger partial charge in [0.1, 0.15) is 4.99 Å². The molecule has 3 heterocycles. The molecular formula is C13H15N5S2. The van der Waals surface area contributed by atoms with Gasteiger partial charge in [-0.05, 0) is 12.1 Å².